The molecule has 90 valence electrons. The van der Waals surface area contributed by atoms with Crippen LogP contribution in [0, 0.1) is 0 Å². The molecule has 0 amide bonds. The maximum atomic E-state index is 11.6. The lowest BCUT2D eigenvalue weighted by molar-refractivity contribution is 0.556. The van der Waals surface area contributed by atoms with Crippen molar-refractivity contribution in [1.82, 2.24) is 15.1 Å². The van der Waals surface area contributed by atoms with Gasteiger partial charge in [0.15, 0.2) is 0 Å². The first-order valence-corrected chi connectivity index (χ1v) is 5.98. The lowest BCUT2D eigenvalue weighted by atomic mass is 10.2. The van der Waals surface area contributed by atoms with E-state index in [-0.39, 0.29) is 5.43 Å². The third-order valence-corrected chi connectivity index (χ3v) is 2.74. The Labute approximate surface area is 100 Å². The van der Waals surface area contributed by atoms with Gasteiger partial charge in [0.1, 0.15) is 0 Å². The van der Waals surface area contributed by atoms with Crippen molar-refractivity contribution in [2.24, 2.45) is 0 Å². The predicted octanol–water partition coefficient (Wildman–Crippen LogP) is 1.40. The molecule has 1 aromatic carbocycles. The number of nitrogens with zero attached hydrogens (tertiary/aromatic N) is 2. The molecule has 0 saturated carbocycles. The Kier molecular flexibility index (Phi) is 3.88. The summed E-state index contributed by atoms with van der Waals surface area (Å²) in [4.78, 5) is 11.6. The maximum absolute atomic E-state index is 11.6. The van der Waals surface area contributed by atoms with E-state index in [0.717, 1.165) is 37.0 Å². The number of para-hydroxylation sites is 1. The van der Waals surface area contributed by atoms with Crippen LogP contribution in [-0.2, 0) is 6.54 Å². The van der Waals surface area contributed by atoms with Gasteiger partial charge in [-0.15, -0.1) is 0 Å². The average Bonchev–Trinajstić information content (AvgIpc) is 2.37. The molecule has 0 radical (unpaired) electrons. The minimum absolute atomic E-state index is 0.0106. The molecule has 0 unspecified atom stereocenters. The molecule has 17 heavy (non-hydrogen) atoms. The standard InChI is InChI=1S/C13H17N3O/c1-2-14-8-5-9-16-12-7-4-3-6-11(12)13(17)10-15-16/h3-4,6-7,10,14H,2,5,8-9H2,1H3. The molecule has 0 aliphatic rings. The zero-order valence-corrected chi connectivity index (χ0v) is 10.0. The first-order chi connectivity index (χ1) is 8.33. The molecule has 4 heteroatoms. The van der Waals surface area contributed by atoms with Gasteiger partial charge in [-0.3, -0.25) is 9.48 Å². The topological polar surface area (TPSA) is 46.9 Å². The van der Waals surface area contributed by atoms with Gasteiger partial charge >= 0.3 is 0 Å². The van der Waals surface area contributed by atoms with Crippen molar-refractivity contribution in [2.75, 3.05) is 13.1 Å². The second-order valence-electron chi connectivity index (χ2n) is 3.96. The van der Waals surface area contributed by atoms with Gasteiger partial charge in [-0.25, -0.2) is 0 Å². The summed E-state index contributed by atoms with van der Waals surface area (Å²) in [6.07, 6.45) is 2.41. The number of benzene rings is 1. The first kappa shape index (κ1) is 11.8. The van der Waals surface area contributed by atoms with Crippen LogP contribution in [0.2, 0.25) is 0 Å². The molecule has 0 aliphatic heterocycles. The van der Waals surface area contributed by atoms with Crippen LogP contribution >= 0.6 is 0 Å². The third kappa shape index (κ3) is 2.71. The second kappa shape index (κ2) is 5.59. The van der Waals surface area contributed by atoms with Crippen LogP contribution in [0.15, 0.2) is 35.3 Å². The van der Waals surface area contributed by atoms with Crippen LogP contribution in [0.5, 0.6) is 0 Å². The van der Waals surface area contributed by atoms with Crippen molar-refractivity contribution >= 4 is 10.9 Å². The van der Waals surface area contributed by atoms with Crippen LogP contribution in [-0.4, -0.2) is 22.9 Å². The fourth-order valence-corrected chi connectivity index (χ4v) is 1.87. The lowest BCUT2D eigenvalue weighted by Crippen LogP contribution is -2.18. The Balaban J connectivity index is 2.23. The highest BCUT2D eigenvalue weighted by Gasteiger charge is 2.02. The second-order valence-corrected chi connectivity index (χ2v) is 3.96. The molecule has 0 bridgehead atoms. The average molecular weight is 231 g/mol. The zero-order chi connectivity index (χ0) is 12.1. The largest absolute Gasteiger partial charge is 0.317 e. The van der Waals surface area contributed by atoms with E-state index in [1.54, 1.807) is 0 Å². The molecule has 0 fully saturated rings. The SMILES string of the molecule is CCNCCCn1ncc(=O)c2ccccc21. The quantitative estimate of drug-likeness (QED) is 0.791. The summed E-state index contributed by atoms with van der Waals surface area (Å²) >= 11 is 0. The van der Waals surface area contributed by atoms with E-state index in [4.69, 9.17) is 0 Å². The Bertz CT molecular complexity index is 548. The highest BCUT2D eigenvalue weighted by molar-refractivity contribution is 5.77. The van der Waals surface area contributed by atoms with Crippen LogP contribution in [0.25, 0.3) is 10.9 Å². The molecule has 1 aromatic heterocycles. The maximum Gasteiger partial charge on any atom is 0.207 e. The Hall–Kier alpha value is -1.68. The van der Waals surface area contributed by atoms with E-state index in [9.17, 15) is 4.79 Å². The molecule has 0 aliphatic carbocycles. The number of aryl methyl sites for hydroxylation is 1. The van der Waals surface area contributed by atoms with Crippen LogP contribution in [0.4, 0.5) is 0 Å². The molecule has 1 N–H and O–H groups in total. The van der Waals surface area contributed by atoms with Crippen LogP contribution < -0.4 is 10.7 Å². The summed E-state index contributed by atoms with van der Waals surface area (Å²) in [5, 5.41) is 8.20. The van der Waals surface area contributed by atoms with Gasteiger partial charge in [0.2, 0.25) is 5.43 Å². The predicted molar refractivity (Wildman–Crippen MR) is 69.2 cm³/mol. The normalized spacial score (nSPS) is 10.9. The van der Waals surface area contributed by atoms with E-state index in [0.29, 0.717) is 0 Å². The first-order valence-electron chi connectivity index (χ1n) is 5.98. The van der Waals surface area contributed by atoms with Crippen molar-refractivity contribution in [3.8, 4) is 0 Å². The van der Waals surface area contributed by atoms with E-state index in [2.05, 4.69) is 17.3 Å². The summed E-state index contributed by atoms with van der Waals surface area (Å²) in [6, 6.07) is 7.61. The molecule has 2 rings (SSSR count). The molecule has 0 atom stereocenters. The van der Waals surface area contributed by atoms with E-state index < -0.39 is 0 Å². The van der Waals surface area contributed by atoms with Gasteiger partial charge in [0, 0.05) is 11.9 Å². The van der Waals surface area contributed by atoms with Gasteiger partial charge < -0.3 is 5.32 Å². The summed E-state index contributed by atoms with van der Waals surface area (Å²) in [6.45, 7) is 4.87. The third-order valence-electron chi connectivity index (χ3n) is 2.74. The smallest absolute Gasteiger partial charge is 0.207 e. The molecule has 2 aromatic rings. The Morgan fingerprint density at radius 2 is 2.18 bits per heavy atom. The van der Waals surface area contributed by atoms with Crippen molar-refractivity contribution in [2.45, 2.75) is 19.9 Å². The molecule has 0 saturated heterocycles. The van der Waals surface area contributed by atoms with Gasteiger partial charge in [-0.2, -0.15) is 5.10 Å². The number of rotatable bonds is 5. The fourth-order valence-electron chi connectivity index (χ4n) is 1.87. The summed E-state index contributed by atoms with van der Waals surface area (Å²) in [5.74, 6) is 0. The van der Waals surface area contributed by atoms with Crippen molar-refractivity contribution in [3.63, 3.8) is 0 Å². The number of hydrogen-bond donors (Lipinski definition) is 1. The van der Waals surface area contributed by atoms with Crippen molar-refractivity contribution in [1.29, 1.82) is 0 Å². The molecule has 1 heterocycles. The van der Waals surface area contributed by atoms with Crippen molar-refractivity contribution < 1.29 is 0 Å². The number of nitrogens with one attached hydrogen (secondary N) is 1. The van der Waals surface area contributed by atoms with Gasteiger partial charge in [-0.05, 0) is 31.6 Å². The monoisotopic (exact) mass is 231 g/mol. The summed E-state index contributed by atoms with van der Waals surface area (Å²) < 4.78 is 1.90. The van der Waals surface area contributed by atoms with Gasteiger partial charge in [0.25, 0.3) is 0 Å². The molecule has 0 spiro atoms. The van der Waals surface area contributed by atoms with Crippen LogP contribution in [0.3, 0.4) is 0 Å². The number of hydrogen-bond acceptors (Lipinski definition) is 3. The minimum atomic E-state index is -0.0106. The van der Waals surface area contributed by atoms with E-state index in [1.165, 1.54) is 6.20 Å². The summed E-state index contributed by atoms with van der Waals surface area (Å²) in [7, 11) is 0. The molecule has 4 nitrogen and oxygen atoms in total. The van der Waals surface area contributed by atoms with E-state index >= 15 is 0 Å². The van der Waals surface area contributed by atoms with Gasteiger partial charge in [-0.1, -0.05) is 19.1 Å². The Morgan fingerprint density at radius 1 is 1.35 bits per heavy atom. The van der Waals surface area contributed by atoms with Gasteiger partial charge in [0.05, 0.1) is 11.7 Å². The van der Waals surface area contributed by atoms with Crippen molar-refractivity contribution in [3.05, 3.63) is 40.7 Å². The minimum Gasteiger partial charge on any atom is -0.317 e. The number of fused-ring (bicyclic) bond motifs is 1. The lowest BCUT2D eigenvalue weighted by Gasteiger charge is -2.08. The number of aromatic nitrogens is 2. The summed E-state index contributed by atoms with van der Waals surface area (Å²) in [5.41, 5.74) is 0.903. The zero-order valence-electron chi connectivity index (χ0n) is 10.0. The highest BCUT2D eigenvalue weighted by atomic mass is 16.1. The highest BCUT2D eigenvalue weighted by Crippen LogP contribution is 2.07. The van der Waals surface area contributed by atoms with Crippen LogP contribution in [0.1, 0.15) is 13.3 Å². The molecular weight excluding hydrogens is 214 g/mol. The molecular formula is C13H17N3O. The van der Waals surface area contributed by atoms with E-state index in [1.807, 2.05) is 28.9 Å². The fraction of sp³-hybridized carbons (Fsp3) is 0.385. The Morgan fingerprint density at radius 3 is 3.00 bits per heavy atom.